The molecule has 2 aliphatic heterocycles. The molecule has 3 rings (SSSR count). The van der Waals surface area contributed by atoms with Crippen LogP contribution in [0.5, 0.6) is 5.75 Å². The number of likely N-dealkylation sites (tertiary alicyclic amines) is 1. The van der Waals surface area contributed by atoms with Gasteiger partial charge in [0.2, 0.25) is 0 Å². The highest BCUT2D eigenvalue weighted by atomic mass is 16.6. The van der Waals surface area contributed by atoms with E-state index in [1.807, 2.05) is 39.0 Å². The molecule has 0 aromatic heterocycles. The largest absolute Gasteiger partial charge is 0.482 e. The van der Waals surface area contributed by atoms with Crippen molar-refractivity contribution in [3.8, 4) is 5.75 Å². The first kappa shape index (κ1) is 20.7. The van der Waals surface area contributed by atoms with Gasteiger partial charge in [-0.1, -0.05) is 32.0 Å². The summed E-state index contributed by atoms with van der Waals surface area (Å²) in [6.45, 7) is 12.5. The molecule has 2 heterocycles. The number of piperidine rings is 1. The molecule has 0 unspecified atom stereocenters. The molecule has 1 spiro atoms. The van der Waals surface area contributed by atoms with Crippen molar-refractivity contribution in [2.24, 2.45) is 5.92 Å². The Morgan fingerprint density at radius 3 is 2.54 bits per heavy atom. The summed E-state index contributed by atoms with van der Waals surface area (Å²) in [5.41, 5.74) is 1.41. The van der Waals surface area contributed by atoms with E-state index in [0.717, 1.165) is 30.8 Å². The van der Waals surface area contributed by atoms with Gasteiger partial charge in [-0.25, -0.2) is 4.79 Å². The molecule has 0 bridgehead atoms. The van der Waals surface area contributed by atoms with Crippen LogP contribution in [0.3, 0.4) is 0 Å². The molecule has 28 heavy (non-hydrogen) atoms. The van der Waals surface area contributed by atoms with Crippen molar-refractivity contribution in [3.05, 3.63) is 35.9 Å². The highest BCUT2D eigenvalue weighted by molar-refractivity contribution is 5.74. The molecule has 1 fully saturated rings. The molecule has 1 aromatic carbocycles. The van der Waals surface area contributed by atoms with E-state index >= 15 is 0 Å². The Balaban J connectivity index is 1.72. The molecular formula is C23H33NO4. The third-order valence-electron chi connectivity index (χ3n) is 4.95. The second kappa shape index (κ2) is 8.16. The molecule has 5 heteroatoms. The maximum atomic E-state index is 12.4. The Kier molecular flexibility index (Phi) is 6.04. The summed E-state index contributed by atoms with van der Waals surface area (Å²) >= 11 is 0. The van der Waals surface area contributed by atoms with E-state index in [4.69, 9.17) is 14.2 Å². The van der Waals surface area contributed by atoms with Crippen LogP contribution >= 0.6 is 0 Å². The number of para-hydroxylation sites is 1. The number of ether oxygens (including phenoxy) is 3. The van der Waals surface area contributed by atoms with Crippen molar-refractivity contribution in [2.45, 2.75) is 58.7 Å². The molecule has 0 saturated carbocycles. The second-order valence-corrected chi connectivity index (χ2v) is 9.21. The summed E-state index contributed by atoms with van der Waals surface area (Å²) in [6, 6.07) is 8.14. The summed E-state index contributed by atoms with van der Waals surface area (Å²) in [5, 5.41) is 0. The molecule has 0 atom stereocenters. The fourth-order valence-electron chi connectivity index (χ4n) is 3.63. The quantitative estimate of drug-likeness (QED) is 0.737. The van der Waals surface area contributed by atoms with E-state index in [1.54, 1.807) is 4.90 Å². The van der Waals surface area contributed by atoms with Gasteiger partial charge in [-0.15, -0.1) is 0 Å². The Labute approximate surface area is 168 Å². The molecule has 2 aliphatic rings. The zero-order valence-corrected chi connectivity index (χ0v) is 17.8. The highest BCUT2D eigenvalue weighted by Crippen LogP contribution is 2.41. The fraction of sp³-hybridized carbons (Fsp3) is 0.609. The maximum Gasteiger partial charge on any atom is 0.410 e. The van der Waals surface area contributed by atoms with Crippen LogP contribution in [-0.2, 0) is 9.47 Å². The van der Waals surface area contributed by atoms with Gasteiger partial charge < -0.3 is 19.1 Å². The topological polar surface area (TPSA) is 48.0 Å². The summed E-state index contributed by atoms with van der Waals surface area (Å²) in [7, 11) is 0. The van der Waals surface area contributed by atoms with Crippen LogP contribution < -0.4 is 4.74 Å². The Morgan fingerprint density at radius 1 is 1.21 bits per heavy atom. The number of rotatable bonds is 4. The maximum absolute atomic E-state index is 12.4. The molecule has 0 radical (unpaired) electrons. The number of hydrogen-bond donors (Lipinski definition) is 0. The number of fused-ring (bicyclic) bond motifs is 1. The number of nitrogens with zero attached hydrogens (tertiary/aromatic N) is 1. The van der Waals surface area contributed by atoms with Gasteiger partial charge in [-0.3, -0.25) is 0 Å². The smallest absolute Gasteiger partial charge is 0.410 e. The van der Waals surface area contributed by atoms with Crippen molar-refractivity contribution in [1.82, 2.24) is 4.90 Å². The van der Waals surface area contributed by atoms with Crippen LogP contribution in [0.25, 0.3) is 5.57 Å². The van der Waals surface area contributed by atoms with Crippen molar-refractivity contribution in [2.75, 3.05) is 26.3 Å². The van der Waals surface area contributed by atoms with Crippen LogP contribution in [0.1, 0.15) is 53.0 Å². The van der Waals surface area contributed by atoms with Crippen molar-refractivity contribution < 1.29 is 19.0 Å². The lowest BCUT2D eigenvalue weighted by Crippen LogP contribution is -2.50. The number of amides is 1. The molecule has 5 nitrogen and oxygen atoms in total. The van der Waals surface area contributed by atoms with E-state index in [2.05, 4.69) is 26.0 Å². The highest BCUT2D eigenvalue weighted by Gasteiger charge is 2.40. The molecule has 0 N–H and O–H groups in total. The van der Waals surface area contributed by atoms with E-state index in [9.17, 15) is 4.79 Å². The Hall–Kier alpha value is -2.01. The van der Waals surface area contributed by atoms with Crippen LogP contribution in [0.2, 0.25) is 0 Å². The molecule has 1 aromatic rings. The van der Waals surface area contributed by atoms with Crippen LogP contribution in [0.15, 0.2) is 30.3 Å². The van der Waals surface area contributed by atoms with Crippen LogP contribution in [0, 0.1) is 5.92 Å². The predicted octanol–water partition coefficient (Wildman–Crippen LogP) is 4.90. The molecule has 1 amide bonds. The number of carbonyl (C=O) groups is 1. The van der Waals surface area contributed by atoms with Crippen LogP contribution in [-0.4, -0.2) is 48.5 Å². The van der Waals surface area contributed by atoms with Gasteiger partial charge in [0.15, 0.2) is 0 Å². The first-order valence-electron chi connectivity index (χ1n) is 10.2. The standard InChI is InChI=1S/C23H33NO4/c1-17(2)15-26-16-18-14-23(27-20-9-7-6-8-19(18)20)10-12-24(13-11-23)21(25)28-22(3,4)5/h6-9,14,17H,10-13,15-16H2,1-5H3. The third kappa shape index (κ3) is 5.07. The van der Waals surface area contributed by atoms with Gasteiger partial charge in [-0.2, -0.15) is 0 Å². The van der Waals surface area contributed by atoms with Gasteiger partial charge in [-0.05, 0) is 44.4 Å². The lowest BCUT2D eigenvalue weighted by atomic mass is 9.85. The average molecular weight is 388 g/mol. The number of benzene rings is 1. The van der Waals surface area contributed by atoms with Gasteiger partial charge >= 0.3 is 6.09 Å². The van der Waals surface area contributed by atoms with Gasteiger partial charge in [0, 0.05) is 38.1 Å². The molecule has 0 aliphatic carbocycles. The van der Waals surface area contributed by atoms with Gasteiger partial charge in [0.25, 0.3) is 0 Å². The zero-order chi connectivity index (χ0) is 20.4. The normalized spacial score (nSPS) is 18.5. The number of hydrogen-bond acceptors (Lipinski definition) is 4. The van der Waals surface area contributed by atoms with Crippen molar-refractivity contribution >= 4 is 11.7 Å². The van der Waals surface area contributed by atoms with Crippen LogP contribution in [0.4, 0.5) is 4.79 Å². The lowest BCUT2D eigenvalue weighted by molar-refractivity contribution is -0.00149. The van der Waals surface area contributed by atoms with E-state index in [1.165, 1.54) is 5.57 Å². The molecule has 1 saturated heterocycles. The van der Waals surface area contributed by atoms with E-state index in [-0.39, 0.29) is 11.7 Å². The van der Waals surface area contributed by atoms with Crippen molar-refractivity contribution in [3.63, 3.8) is 0 Å². The van der Waals surface area contributed by atoms with Crippen molar-refractivity contribution in [1.29, 1.82) is 0 Å². The molecular weight excluding hydrogens is 354 g/mol. The van der Waals surface area contributed by atoms with E-state index in [0.29, 0.717) is 25.6 Å². The lowest BCUT2D eigenvalue weighted by Gasteiger charge is -2.43. The third-order valence-corrected chi connectivity index (χ3v) is 4.95. The average Bonchev–Trinajstić information content (AvgIpc) is 2.60. The SMILES string of the molecule is CC(C)COCC1=CC2(CCN(C(=O)OC(C)(C)C)CC2)Oc2ccccc21. The molecule has 154 valence electrons. The number of carbonyl (C=O) groups excluding carboxylic acids is 1. The fourth-order valence-corrected chi connectivity index (χ4v) is 3.63. The second-order valence-electron chi connectivity index (χ2n) is 9.21. The minimum atomic E-state index is -0.479. The first-order valence-corrected chi connectivity index (χ1v) is 10.2. The van der Waals surface area contributed by atoms with Gasteiger partial charge in [0.1, 0.15) is 17.0 Å². The van der Waals surface area contributed by atoms with Gasteiger partial charge in [0.05, 0.1) is 6.61 Å². The predicted molar refractivity (Wildman–Crippen MR) is 110 cm³/mol. The zero-order valence-electron chi connectivity index (χ0n) is 17.8. The Morgan fingerprint density at radius 2 is 1.89 bits per heavy atom. The summed E-state index contributed by atoms with van der Waals surface area (Å²) < 4.78 is 17.9. The minimum Gasteiger partial charge on any atom is -0.482 e. The summed E-state index contributed by atoms with van der Waals surface area (Å²) in [6.07, 6.45) is 3.47. The Bertz CT molecular complexity index is 724. The summed E-state index contributed by atoms with van der Waals surface area (Å²) in [4.78, 5) is 14.2. The first-order chi connectivity index (χ1) is 13.2. The monoisotopic (exact) mass is 387 g/mol. The summed E-state index contributed by atoms with van der Waals surface area (Å²) in [5.74, 6) is 1.40. The van der Waals surface area contributed by atoms with E-state index < -0.39 is 5.60 Å². The minimum absolute atomic E-state index is 0.247.